The van der Waals surface area contributed by atoms with Crippen LogP contribution in [0.25, 0.3) is 0 Å². The molecular formula is C12H11NO3. The van der Waals surface area contributed by atoms with Gasteiger partial charge in [-0.05, 0) is 25.1 Å². The summed E-state index contributed by atoms with van der Waals surface area (Å²) in [5.41, 5.74) is 6.45. The Labute approximate surface area is 92.6 Å². The fraction of sp³-hybridized carbons (Fsp3) is 0.0833. The molecule has 82 valence electrons. The summed E-state index contributed by atoms with van der Waals surface area (Å²) in [4.78, 5) is 11.5. The minimum atomic E-state index is -0.555. The molecule has 0 saturated heterocycles. The van der Waals surface area contributed by atoms with Gasteiger partial charge < -0.3 is 14.9 Å². The monoisotopic (exact) mass is 217 g/mol. The summed E-state index contributed by atoms with van der Waals surface area (Å²) in [7, 11) is 0. The maximum atomic E-state index is 11.5. The number of benzene rings is 1. The van der Waals surface area contributed by atoms with Crippen LogP contribution in [0.15, 0.2) is 40.8 Å². The fourth-order valence-corrected chi connectivity index (χ4v) is 1.23. The van der Waals surface area contributed by atoms with E-state index in [2.05, 4.69) is 0 Å². The molecule has 1 aromatic heterocycles. The van der Waals surface area contributed by atoms with E-state index in [-0.39, 0.29) is 11.6 Å². The zero-order chi connectivity index (χ0) is 11.5. The smallest absolute Gasteiger partial charge is 0.379 e. The van der Waals surface area contributed by atoms with E-state index < -0.39 is 5.97 Å². The van der Waals surface area contributed by atoms with Gasteiger partial charge in [-0.25, -0.2) is 4.79 Å². The third kappa shape index (κ3) is 2.23. The quantitative estimate of drug-likeness (QED) is 0.619. The van der Waals surface area contributed by atoms with Crippen molar-refractivity contribution in [2.24, 2.45) is 0 Å². The highest BCUT2D eigenvalue weighted by Gasteiger charge is 2.12. The van der Waals surface area contributed by atoms with Crippen molar-refractivity contribution in [3.63, 3.8) is 0 Å². The van der Waals surface area contributed by atoms with E-state index in [9.17, 15) is 4.79 Å². The molecule has 0 fully saturated rings. The van der Waals surface area contributed by atoms with Crippen LogP contribution in [0.5, 0.6) is 5.75 Å². The molecule has 0 amide bonds. The summed E-state index contributed by atoms with van der Waals surface area (Å²) in [5.74, 6) is 0.208. The van der Waals surface area contributed by atoms with Gasteiger partial charge in [-0.3, -0.25) is 0 Å². The second-order valence-electron chi connectivity index (χ2n) is 3.40. The van der Waals surface area contributed by atoms with Gasteiger partial charge in [-0.1, -0.05) is 17.7 Å². The molecular weight excluding hydrogens is 206 g/mol. The predicted octanol–water partition coefficient (Wildman–Crippen LogP) is 2.39. The fourth-order valence-electron chi connectivity index (χ4n) is 1.23. The van der Waals surface area contributed by atoms with Gasteiger partial charge in [0.2, 0.25) is 5.76 Å². The van der Waals surface area contributed by atoms with Crippen LogP contribution in [0.1, 0.15) is 16.1 Å². The number of nitrogens with two attached hydrogens (primary N) is 1. The maximum Gasteiger partial charge on any atom is 0.379 e. The van der Waals surface area contributed by atoms with Gasteiger partial charge in [-0.15, -0.1) is 0 Å². The molecule has 16 heavy (non-hydrogen) atoms. The maximum absolute atomic E-state index is 11.5. The van der Waals surface area contributed by atoms with Gasteiger partial charge in [0, 0.05) is 6.07 Å². The number of carbonyl (C=O) groups excluding carboxylic acids is 1. The predicted molar refractivity (Wildman–Crippen MR) is 59.3 cm³/mol. The van der Waals surface area contributed by atoms with Gasteiger partial charge in [0.25, 0.3) is 0 Å². The first-order chi connectivity index (χ1) is 7.65. The van der Waals surface area contributed by atoms with E-state index in [4.69, 9.17) is 14.9 Å². The van der Waals surface area contributed by atoms with Crippen molar-refractivity contribution in [1.29, 1.82) is 0 Å². The topological polar surface area (TPSA) is 65.5 Å². The Morgan fingerprint density at radius 3 is 2.44 bits per heavy atom. The number of furan rings is 1. The van der Waals surface area contributed by atoms with E-state index in [0.717, 1.165) is 5.56 Å². The molecule has 2 aromatic rings. The molecule has 0 bridgehead atoms. The normalized spacial score (nSPS) is 10.1. The van der Waals surface area contributed by atoms with E-state index in [0.29, 0.717) is 5.75 Å². The summed E-state index contributed by atoms with van der Waals surface area (Å²) in [6.45, 7) is 1.96. The van der Waals surface area contributed by atoms with Crippen LogP contribution >= 0.6 is 0 Å². The molecule has 2 N–H and O–H groups in total. The number of esters is 1. The van der Waals surface area contributed by atoms with Crippen LogP contribution in [0.4, 0.5) is 5.88 Å². The van der Waals surface area contributed by atoms with Crippen LogP contribution < -0.4 is 10.5 Å². The lowest BCUT2D eigenvalue weighted by atomic mass is 10.2. The molecule has 0 spiro atoms. The van der Waals surface area contributed by atoms with E-state index in [1.165, 1.54) is 12.1 Å². The molecule has 1 aromatic carbocycles. The number of anilines is 1. The molecule has 1 heterocycles. The van der Waals surface area contributed by atoms with Crippen LogP contribution in [-0.4, -0.2) is 5.97 Å². The molecule has 0 aliphatic heterocycles. The summed E-state index contributed by atoms with van der Waals surface area (Å²) >= 11 is 0. The highest BCUT2D eigenvalue weighted by molar-refractivity contribution is 5.88. The molecule has 0 atom stereocenters. The zero-order valence-electron chi connectivity index (χ0n) is 8.77. The molecule has 0 aliphatic carbocycles. The first kappa shape index (κ1) is 10.3. The number of carbonyl (C=O) groups is 1. The Kier molecular flexibility index (Phi) is 2.64. The van der Waals surface area contributed by atoms with Gasteiger partial charge >= 0.3 is 5.97 Å². The standard InChI is InChI=1S/C12H11NO3/c1-8-2-4-9(5-3-8)15-12(14)10-6-7-11(13)16-10/h2-7H,13H2,1H3. The Morgan fingerprint density at radius 2 is 1.88 bits per heavy atom. The highest BCUT2D eigenvalue weighted by Crippen LogP contribution is 2.15. The summed E-state index contributed by atoms with van der Waals surface area (Å²) in [5, 5.41) is 0. The molecule has 0 aliphatic rings. The van der Waals surface area contributed by atoms with Crippen molar-refractivity contribution < 1.29 is 13.9 Å². The third-order valence-corrected chi connectivity index (χ3v) is 2.06. The first-order valence-corrected chi connectivity index (χ1v) is 4.79. The molecule has 4 nitrogen and oxygen atoms in total. The van der Waals surface area contributed by atoms with Gasteiger partial charge in [0.05, 0.1) is 0 Å². The second-order valence-corrected chi connectivity index (χ2v) is 3.40. The Morgan fingerprint density at radius 1 is 1.19 bits per heavy atom. The lowest BCUT2D eigenvalue weighted by Crippen LogP contribution is -2.07. The van der Waals surface area contributed by atoms with Gasteiger partial charge in [0.1, 0.15) is 5.75 Å². The van der Waals surface area contributed by atoms with Crippen LogP contribution in [-0.2, 0) is 0 Å². The van der Waals surface area contributed by atoms with Crippen LogP contribution in [0.3, 0.4) is 0 Å². The van der Waals surface area contributed by atoms with E-state index >= 15 is 0 Å². The number of rotatable bonds is 2. The van der Waals surface area contributed by atoms with E-state index in [1.54, 1.807) is 12.1 Å². The van der Waals surface area contributed by atoms with Crippen molar-refractivity contribution in [3.8, 4) is 5.75 Å². The molecule has 2 rings (SSSR count). The van der Waals surface area contributed by atoms with Crippen molar-refractivity contribution in [3.05, 3.63) is 47.7 Å². The SMILES string of the molecule is Cc1ccc(OC(=O)c2ccc(N)o2)cc1. The zero-order valence-corrected chi connectivity index (χ0v) is 8.77. The Balaban J connectivity index is 2.10. The van der Waals surface area contributed by atoms with Crippen LogP contribution in [0, 0.1) is 6.92 Å². The minimum Gasteiger partial charge on any atom is -0.434 e. The molecule has 0 radical (unpaired) electrons. The molecule has 0 unspecified atom stereocenters. The number of nitrogen functional groups attached to an aromatic ring is 1. The largest absolute Gasteiger partial charge is 0.434 e. The average molecular weight is 217 g/mol. The first-order valence-electron chi connectivity index (χ1n) is 4.79. The Hall–Kier alpha value is -2.23. The van der Waals surface area contributed by atoms with Crippen molar-refractivity contribution in [2.75, 3.05) is 5.73 Å². The highest BCUT2D eigenvalue weighted by atomic mass is 16.5. The number of aryl methyl sites for hydroxylation is 1. The van der Waals surface area contributed by atoms with Crippen molar-refractivity contribution >= 4 is 11.9 Å². The van der Waals surface area contributed by atoms with Crippen molar-refractivity contribution in [1.82, 2.24) is 0 Å². The number of hydrogen-bond acceptors (Lipinski definition) is 4. The molecule has 0 saturated carbocycles. The lowest BCUT2D eigenvalue weighted by Gasteiger charge is -2.01. The van der Waals surface area contributed by atoms with Gasteiger partial charge in [0.15, 0.2) is 5.88 Å². The molecule has 4 heteroatoms. The third-order valence-electron chi connectivity index (χ3n) is 2.06. The average Bonchev–Trinajstić information content (AvgIpc) is 2.68. The number of ether oxygens (including phenoxy) is 1. The second kappa shape index (κ2) is 4.10. The number of hydrogen-bond donors (Lipinski definition) is 1. The Bertz CT molecular complexity index is 499. The lowest BCUT2D eigenvalue weighted by molar-refractivity contribution is 0.0702. The summed E-state index contributed by atoms with van der Waals surface area (Å²) in [6, 6.07) is 10.1. The summed E-state index contributed by atoms with van der Waals surface area (Å²) < 4.78 is 10.0. The summed E-state index contributed by atoms with van der Waals surface area (Å²) in [6.07, 6.45) is 0. The van der Waals surface area contributed by atoms with E-state index in [1.807, 2.05) is 19.1 Å². The van der Waals surface area contributed by atoms with Gasteiger partial charge in [-0.2, -0.15) is 0 Å². The minimum absolute atomic E-state index is 0.0954. The van der Waals surface area contributed by atoms with Crippen LogP contribution in [0.2, 0.25) is 0 Å². The van der Waals surface area contributed by atoms with Crippen molar-refractivity contribution in [2.45, 2.75) is 6.92 Å².